The largest absolute Gasteiger partial charge is 0.352 e. The first-order valence-corrected chi connectivity index (χ1v) is 6.00. The molecule has 1 N–H and O–H groups in total. The Labute approximate surface area is 110 Å². The third kappa shape index (κ3) is 1.91. The Bertz CT molecular complexity index is 644. The molecule has 2 nitrogen and oxygen atoms in total. The SMILES string of the molecule is O=C1/C(=C\c2ccc(Cl)cc2)Nc2ccccc21. The zero-order valence-electron chi connectivity index (χ0n) is 9.48. The Morgan fingerprint density at radius 2 is 1.72 bits per heavy atom. The summed E-state index contributed by atoms with van der Waals surface area (Å²) < 4.78 is 0. The molecule has 1 heterocycles. The number of carbonyl (C=O) groups excluding carboxylic acids is 1. The van der Waals surface area contributed by atoms with Crippen molar-refractivity contribution in [2.75, 3.05) is 5.32 Å². The number of Topliss-reactive ketones (excluding diaryl/α,β-unsaturated/α-hetero) is 1. The zero-order valence-corrected chi connectivity index (χ0v) is 10.2. The van der Waals surface area contributed by atoms with Gasteiger partial charge in [-0.1, -0.05) is 35.9 Å². The van der Waals surface area contributed by atoms with Crippen molar-refractivity contribution in [2.24, 2.45) is 0 Å². The second-order valence-electron chi connectivity index (χ2n) is 4.11. The van der Waals surface area contributed by atoms with Crippen LogP contribution in [0.5, 0.6) is 0 Å². The standard InChI is InChI=1S/C15H10ClNO/c16-11-7-5-10(6-8-11)9-14-15(18)12-3-1-2-4-13(12)17-14/h1-9,17H/b14-9+. The molecule has 0 saturated heterocycles. The maximum atomic E-state index is 12.1. The number of hydrogen-bond donors (Lipinski definition) is 1. The highest BCUT2D eigenvalue weighted by atomic mass is 35.5. The van der Waals surface area contributed by atoms with Crippen LogP contribution in [0.15, 0.2) is 54.2 Å². The zero-order chi connectivity index (χ0) is 12.5. The van der Waals surface area contributed by atoms with Crippen LogP contribution in [-0.4, -0.2) is 5.78 Å². The van der Waals surface area contributed by atoms with Gasteiger partial charge in [0.2, 0.25) is 5.78 Å². The number of fused-ring (bicyclic) bond motifs is 1. The van der Waals surface area contributed by atoms with E-state index in [9.17, 15) is 4.79 Å². The summed E-state index contributed by atoms with van der Waals surface area (Å²) in [4.78, 5) is 12.1. The van der Waals surface area contributed by atoms with Gasteiger partial charge in [-0.15, -0.1) is 0 Å². The van der Waals surface area contributed by atoms with Gasteiger partial charge >= 0.3 is 0 Å². The second kappa shape index (κ2) is 4.31. The second-order valence-corrected chi connectivity index (χ2v) is 4.55. The molecule has 0 aromatic heterocycles. The lowest BCUT2D eigenvalue weighted by Crippen LogP contribution is -1.99. The molecule has 2 aromatic carbocycles. The molecule has 88 valence electrons. The molecule has 0 saturated carbocycles. The normalized spacial score (nSPS) is 15.6. The Balaban J connectivity index is 1.97. The van der Waals surface area contributed by atoms with Crippen LogP contribution in [-0.2, 0) is 0 Å². The Hall–Kier alpha value is -2.06. The molecular formula is C15H10ClNO. The van der Waals surface area contributed by atoms with Crippen LogP contribution in [0.25, 0.3) is 6.08 Å². The summed E-state index contributed by atoms with van der Waals surface area (Å²) in [5, 5.41) is 3.81. The van der Waals surface area contributed by atoms with E-state index in [4.69, 9.17) is 11.6 Å². The van der Waals surface area contributed by atoms with E-state index in [0.29, 0.717) is 10.7 Å². The first kappa shape index (κ1) is 11.1. The van der Waals surface area contributed by atoms with E-state index in [1.165, 1.54) is 0 Å². The summed E-state index contributed by atoms with van der Waals surface area (Å²) >= 11 is 5.83. The molecule has 0 bridgehead atoms. The van der Waals surface area contributed by atoms with Gasteiger partial charge in [0, 0.05) is 16.3 Å². The van der Waals surface area contributed by atoms with E-state index in [1.54, 1.807) is 12.1 Å². The third-order valence-electron chi connectivity index (χ3n) is 2.87. The van der Waals surface area contributed by atoms with E-state index in [0.717, 1.165) is 16.8 Å². The minimum absolute atomic E-state index is 0.0283. The number of carbonyl (C=O) groups is 1. The summed E-state index contributed by atoms with van der Waals surface area (Å²) in [7, 11) is 0. The third-order valence-corrected chi connectivity index (χ3v) is 3.12. The average Bonchev–Trinajstić information content (AvgIpc) is 2.70. The van der Waals surface area contributed by atoms with Gasteiger partial charge in [0.1, 0.15) is 0 Å². The number of nitrogens with one attached hydrogen (secondary N) is 1. The van der Waals surface area contributed by atoms with Crippen LogP contribution in [0.3, 0.4) is 0 Å². The number of rotatable bonds is 1. The highest BCUT2D eigenvalue weighted by Crippen LogP contribution is 2.28. The topological polar surface area (TPSA) is 29.1 Å². The highest BCUT2D eigenvalue weighted by Gasteiger charge is 2.23. The molecular weight excluding hydrogens is 246 g/mol. The highest BCUT2D eigenvalue weighted by molar-refractivity contribution is 6.30. The fourth-order valence-electron chi connectivity index (χ4n) is 1.96. The van der Waals surface area contributed by atoms with Crippen LogP contribution in [0.2, 0.25) is 5.02 Å². The van der Waals surface area contributed by atoms with E-state index < -0.39 is 0 Å². The quantitative estimate of drug-likeness (QED) is 0.781. The number of halogens is 1. The van der Waals surface area contributed by atoms with Gasteiger partial charge in [-0.05, 0) is 35.9 Å². The van der Waals surface area contributed by atoms with Crippen LogP contribution in [0, 0.1) is 0 Å². The van der Waals surface area contributed by atoms with Gasteiger partial charge in [0.15, 0.2) is 0 Å². The van der Waals surface area contributed by atoms with Gasteiger partial charge in [-0.25, -0.2) is 0 Å². The smallest absolute Gasteiger partial charge is 0.211 e. The number of allylic oxidation sites excluding steroid dienone is 1. The van der Waals surface area contributed by atoms with E-state index >= 15 is 0 Å². The van der Waals surface area contributed by atoms with Crippen LogP contribution >= 0.6 is 11.6 Å². The van der Waals surface area contributed by atoms with Gasteiger partial charge in [0.25, 0.3) is 0 Å². The molecule has 3 rings (SSSR count). The van der Waals surface area contributed by atoms with Gasteiger partial charge in [0.05, 0.1) is 5.70 Å². The lowest BCUT2D eigenvalue weighted by atomic mass is 10.1. The van der Waals surface area contributed by atoms with Crippen molar-refractivity contribution in [3.63, 3.8) is 0 Å². The molecule has 1 aliphatic heterocycles. The molecule has 0 atom stereocenters. The van der Waals surface area contributed by atoms with Gasteiger partial charge in [-0.2, -0.15) is 0 Å². The predicted molar refractivity (Wildman–Crippen MR) is 73.8 cm³/mol. The van der Waals surface area contributed by atoms with Crippen molar-refractivity contribution in [1.29, 1.82) is 0 Å². The summed E-state index contributed by atoms with van der Waals surface area (Å²) in [5.41, 5.74) is 3.13. The van der Waals surface area contributed by atoms with Crippen LogP contribution in [0.4, 0.5) is 5.69 Å². The first-order valence-electron chi connectivity index (χ1n) is 5.62. The molecule has 0 amide bonds. The minimum atomic E-state index is 0.0283. The van der Waals surface area contributed by atoms with Crippen molar-refractivity contribution >= 4 is 29.1 Å². The molecule has 0 spiro atoms. The van der Waals surface area contributed by atoms with Crippen molar-refractivity contribution in [2.45, 2.75) is 0 Å². The van der Waals surface area contributed by atoms with Gasteiger partial charge < -0.3 is 5.32 Å². The Morgan fingerprint density at radius 3 is 2.44 bits per heavy atom. The lowest BCUT2D eigenvalue weighted by molar-refractivity contribution is 0.104. The number of benzene rings is 2. The fraction of sp³-hybridized carbons (Fsp3) is 0. The van der Waals surface area contributed by atoms with E-state index in [-0.39, 0.29) is 5.78 Å². The molecule has 1 aliphatic rings. The Morgan fingerprint density at radius 1 is 1.00 bits per heavy atom. The minimum Gasteiger partial charge on any atom is -0.352 e. The summed E-state index contributed by atoms with van der Waals surface area (Å²) in [6.45, 7) is 0. The Kier molecular flexibility index (Phi) is 2.65. The van der Waals surface area contributed by atoms with Crippen molar-refractivity contribution in [3.8, 4) is 0 Å². The average molecular weight is 256 g/mol. The molecule has 0 radical (unpaired) electrons. The summed E-state index contributed by atoms with van der Waals surface area (Å²) in [6.07, 6.45) is 1.83. The van der Waals surface area contributed by atoms with Crippen molar-refractivity contribution in [3.05, 3.63) is 70.4 Å². The number of para-hydroxylation sites is 1. The molecule has 18 heavy (non-hydrogen) atoms. The lowest BCUT2D eigenvalue weighted by Gasteiger charge is -1.99. The van der Waals surface area contributed by atoms with Gasteiger partial charge in [-0.3, -0.25) is 4.79 Å². The molecule has 3 heteroatoms. The van der Waals surface area contributed by atoms with Crippen LogP contribution in [0.1, 0.15) is 15.9 Å². The van der Waals surface area contributed by atoms with E-state index in [2.05, 4.69) is 5.32 Å². The molecule has 0 unspecified atom stereocenters. The monoisotopic (exact) mass is 255 g/mol. The maximum Gasteiger partial charge on any atom is 0.211 e. The van der Waals surface area contributed by atoms with E-state index in [1.807, 2.05) is 42.5 Å². The van der Waals surface area contributed by atoms with Crippen molar-refractivity contribution < 1.29 is 4.79 Å². The number of ketones is 1. The molecule has 0 fully saturated rings. The predicted octanol–water partition coefficient (Wildman–Crippen LogP) is 3.99. The summed E-state index contributed by atoms with van der Waals surface area (Å²) in [5.74, 6) is 0.0283. The number of hydrogen-bond acceptors (Lipinski definition) is 2. The number of anilines is 1. The maximum absolute atomic E-state index is 12.1. The molecule has 2 aromatic rings. The van der Waals surface area contributed by atoms with Crippen LogP contribution < -0.4 is 5.32 Å². The fourth-order valence-corrected chi connectivity index (χ4v) is 2.09. The summed E-state index contributed by atoms with van der Waals surface area (Å²) in [6, 6.07) is 14.9. The molecule has 0 aliphatic carbocycles. The van der Waals surface area contributed by atoms with Crippen molar-refractivity contribution in [1.82, 2.24) is 0 Å². The first-order chi connectivity index (χ1) is 8.74.